The highest BCUT2D eigenvalue weighted by atomic mass is 16.6. The normalized spacial score (nSPS) is 10.9. The van der Waals surface area contributed by atoms with Crippen LogP contribution < -0.4 is 0 Å². The molecule has 0 fully saturated rings. The Hall–Kier alpha value is -0.990. The van der Waals surface area contributed by atoms with Gasteiger partial charge in [-0.05, 0) is 34.1 Å². The van der Waals surface area contributed by atoms with E-state index in [9.17, 15) is 4.79 Å². The number of carbonyl (C=O) groups excluding carboxylic acids is 1. The van der Waals surface area contributed by atoms with E-state index in [0.29, 0.717) is 19.7 Å². The molecule has 0 bridgehead atoms. The van der Waals surface area contributed by atoms with Crippen molar-refractivity contribution in [3.8, 4) is 0 Å². The summed E-state index contributed by atoms with van der Waals surface area (Å²) in [6.45, 7) is 14.2. The fourth-order valence-electron chi connectivity index (χ4n) is 1.37. The monoisotopic (exact) mass is 241 g/mol. The van der Waals surface area contributed by atoms with Crippen molar-refractivity contribution < 1.29 is 9.53 Å². The number of nitrogens with zero attached hydrogens (tertiary/aromatic N) is 1. The van der Waals surface area contributed by atoms with Crippen LogP contribution in [-0.2, 0) is 4.74 Å². The minimum absolute atomic E-state index is 0.0000822. The molecule has 3 nitrogen and oxygen atoms in total. The van der Waals surface area contributed by atoms with Crippen molar-refractivity contribution in [1.82, 2.24) is 4.90 Å². The van der Waals surface area contributed by atoms with E-state index in [1.807, 2.05) is 13.8 Å². The first kappa shape index (κ1) is 16.0. The van der Waals surface area contributed by atoms with E-state index in [-0.39, 0.29) is 11.5 Å². The Morgan fingerprint density at radius 3 is 2.18 bits per heavy atom. The lowest BCUT2D eigenvalue weighted by atomic mass is 9.90. The molecule has 0 atom stereocenters. The molecule has 0 N–H and O–H groups in total. The highest BCUT2D eigenvalue weighted by Gasteiger charge is 2.20. The maximum absolute atomic E-state index is 11.7. The molecule has 0 spiro atoms. The van der Waals surface area contributed by atoms with Crippen molar-refractivity contribution >= 4 is 6.09 Å². The van der Waals surface area contributed by atoms with Crippen LogP contribution in [0.5, 0.6) is 0 Å². The summed E-state index contributed by atoms with van der Waals surface area (Å²) in [6.07, 6.45) is 2.91. The molecular weight excluding hydrogens is 214 g/mol. The van der Waals surface area contributed by atoms with Crippen molar-refractivity contribution in [2.24, 2.45) is 5.41 Å². The molecule has 3 heteroatoms. The Morgan fingerprint density at radius 1 is 1.24 bits per heavy atom. The fourth-order valence-corrected chi connectivity index (χ4v) is 1.37. The predicted molar refractivity (Wildman–Crippen MR) is 72.1 cm³/mol. The first-order valence-electron chi connectivity index (χ1n) is 6.37. The minimum Gasteiger partial charge on any atom is -0.449 e. The van der Waals surface area contributed by atoms with Crippen LogP contribution in [0.1, 0.15) is 48.0 Å². The lowest BCUT2D eigenvalue weighted by molar-refractivity contribution is 0.0703. The molecule has 0 aliphatic carbocycles. The second-order valence-corrected chi connectivity index (χ2v) is 5.38. The Bertz CT molecular complexity index is 261. The average Bonchev–Trinajstić information content (AvgIpc) is 2.26. The predicted octanol–water partition coefficient (Wildman–Crippen LogP) is 3.85. The van der Waals surface area contributed by atoms with Crippen LogP contribution in [0.15, 0.2) is 11.6 Å². The van der Waals surface area contributed by atoms with Gasteiger partial charge in [0.25, 0.3) is 0 Å². The summed E-state index contributed by atoms with van der Waals surface area (Å²) in [6, 6.07) is 0. The molecule has 0 rings (SSSR count). The number of carbonyl (C=O) groups is 1. The summed E-state index contributed by atoms with van der Waals surface area (Å²) in [4.78, 5) is 13.4. The Balaban J connectivity index is 4.17. The van der Waals surface area contributed by atoms with Crippen LogP contribution in [0.2, 0.25) is 0 Å². The highest BCUT2D eigenvalue weighted by molar-refractivity contribution is 5.67. The summed E-state index contributed by atoms with van der Waals surface area (Å²) in [5.41, 5.74) is 1.30. The van der Waals surface area contributed by atoms with Gasteiger partial charge in [-0.15, -0.1) is 0 Å². The molecule has 0 unspecified atom stereocenters. The number of amides is 1. The first-order valence-corrected chi connectivity index (χ1v) is 6.37. The number of allylic oxidation sites excluding steroid dienone is 2. The molecule has 100 valence electrons. The van der Waals surface area contributed by atoms with E-state index in [1.54, 1.807) is 4.90 Å². The third-order valence-electron chi connectivity index (χ3n) is 2.67. The standard InChI is InChI=1S/C14H27NO2/c1-7-15(8-2)13(16)17-11-14(5,6)10-9-12(3)4/h9H,7-8,10-11H2,1-6H3. The molecular formula is C14H27NO2. The van der Waals surface area contributed by atoms with Crippen molar-refractivity contribution in [2.75, 3.05) is 19.7 Å². The molecule has 0 aliphatic heterocycles. The van der Waals surface area contributed by atoms with Gasteiger partial charge in [0, 0.05) is 18.5 Å². The molecule has 0 aromatic carbocycles. The van der Waals surface area contributed by atoms with E-state index in [1.165, 1.54) is 5.57 Å². The van der Waals surface area contributed by atoms with Gasteiger partial charge in [-0.1, -0.05) is 25.5 Å². The molecule has 0 aromatic rings. The van der Waals surface area contributed by atoms with Crippen molar-refractivity contribution in [3.63, 3.8) is 0 Å². The van der Waals surface area contributed by atoms with Crippen molar-refractivity contribution in [3.05, 3.63) is 11.6 Å². The molecule has 0 radical (unpaired) electrons. The lowest BCUT2D eigenvalue weighted by Crippen LogP contribution is -2.33. The number of hydrogen-bond acceptors (Lipinski definition) is 2. The van der Waals surface area contributed by atoms with E-state index in [2.05, 4.69) is 33.8 Å². The summed E-state index contributed by atoms with van der Waals surface area (Å²) >= 11 is 0. The minimum atomic E-state index is -0.208. The van der Waals surface area contributed by atoms with Crippen LogP contribution >= 0.6 is 0 Å². The second-order valence-electron chi connectivity index (χ2n) is 5.38. The largest absolute Gasteiger partial charge is 0.449 e. The summed E-state index contributed by atoms with van der Waals surface area (Å²) in [7, 11) is 0. The second kappa shape index (κ2) is 7.36. The molecule has 1 amide bonds. The SMILES string of the molecule is CCN(CC)C(=O)OCC(C)(C)CC=C(C)C. The van der Waals surface area contributed by atoms with Gasteiger partial charge < -0.3 is 9.64 Å². The Morgan fingerprint density at radius 2 is 1.76 bits per heavy atom. The highest BCUT2D eigenvalue weighted by Crippen LogP contribution is 2.22. The van der Waals surface area contributed by atoms with Crippen LogP contribution in [0.4, 0.5) is 4.79 Å². The van der Waals surface area contributed by atoms with E-state index in [0.717, 1.165) is 6.42 Å². The number of rotatable bonds is 6. The topological polar surface area (TPSA) is 29.5 Å². The van der Waals surface area contributed by atoms with Crippen molar-refractivity contribution in [1.29, 1.82) is 0 Å². The third-order valence-corrected chi connectivity index (χ3v) is 2.67. The van der Waals surface area contributed by atoms with Crippen LogP contribution in [0.3, 0.4) is 0 Å². The number of ether oxygens (including phenoxy) is 1. The van der Waals surface area contributed by atoms with Gasteiger partial charge in [0.2, 0.25) is 0 Å². The van der Waals surface area contributed by atoms with Gasteiger partial charge in [-0.25, -0.2) is 4.79 Å². The van der Waals surface area contributed by atoms with E-state index < -0.39 is 0 Å². The molecule has 0 aromatic heterocycles. The maximum Gasteiger partial charge on any atom is 0.409 e. The van der Waals surface area contributed by atoms with Gasteiger partial charge in [0.05, 0.1) is 6.61 Å². The molecule has 0 saturated carbocycles. The summed E-state index contributed by atoms with van der Waals surface area (Å²) < 4.78 is 5.34. The van der Waals surface area contributed by atoms with Gasteiger partial charge in [0.15, 0.2) is 0 Å². The number of hydrogen-bond donors (Lipinski definition) is 0. The summed E-state index contributed by atoms with van der Waals surface area (Å²) in [5.74, 6) is 0. The Kier molecular flexibility index (Phi) is 6.93. The summed E-state index contributed by atoms with van der Waals surface area (Å²) in [5, 5.41) is 0. The zero-order valence-corrected chi connectivity index (χ0v) is 12.2. The quantitative estimate of drug-likeness (QED) is 0.661. The molecule has 17 heavy (non-hydrogen) atoms. The van der Waals surface area contributed by atoms with Gasteiger partial charge in [-0.3, -0.25) is 0 Å². The zero-order valence-electron chi connectivity index (χ0n) is 12.2. The lowest BCUT2D eigenvalue weighted by Gasteiger charge is -2.25. The van der Waals surface area contributed by atoms with Crippen LogP contribution in [0.25, 0.3) is 0 Å². The zero-order chi connectivity index (χ0) is 13.5. The van der Waals surface area contributed by atoms with Crippen LogP contribution in [0, 0.1) is 5.41 Å². The van der Waals surface area contributed by atoms with Gasteiger partial charge in [-0.2, -0.15) is 0 Å². The first-order chi connectivity index (χ1) is 7.82. The maximum atomic E-state index is 11.7. The van der Waals surface area contributed by atoms with E-state index in [4.69, 9.17) is 4.74 Å². The smallest absolute Gasteiger partial charge is 0.409 e. The Labute approximate surface area is 106 Å². The van der Waals surface area contributed by atoms with Crippen LogP contribution in [-0.4, -0.2) is 30.7 Å². The molecule has 0 aliphatic rings. The fraction of sp³-hybridized carbons (Fsp3) is 0.786. The van der Waals surface area contributed by atoms with Gasteiger partial charge in [0.1, 0.15) is 0 Å². The van der Waals surface area contributed by atoms with Gasteiger partial charge >= 0.3 is 6.09 Å². The van der Waals surface area contributed by atoms with E-state index >= 15 is 0 Å². The van der Waals surface area contributed by atoms with Crippen molar-refractivity contribution in [2.45, 2.75) is 48.0 Å². The third kappa shape index (κ3) is 7.03. The molecule has 0 saturated heterocycles. The average molecular weight is 241 g/mol. The molecule has 0 heterocycles.